The van der Waals surface area contributed by atoms with Crippen molar-refractivity contribution >= 4 is 11.4 Å². The first-order chi connectivity index (χ1) is 8.37. The number of benzene rings is 1. The second kappa shape index (κ2) is 4.29. The summed E-state index contributed by atoms with van der Waals surface area (Å²) in [4.78, 5) is 4.92. The zero-order chi connectivity index (χ0) is 11.7. The third-order valence-corrected chi connectivity index (χ3v) is 4.45. The number of unbranched alkanes of at least 4 members (excludes halogenated alkanes) is 1. The third kappa shape index (κ3) is 1.64. The van der Waals surface area contributed by atoms with Gasteiger partial charge in [-0.1, -0.05) is 44.4 Å². The van der Waals surface area contributed by atoms with Crippen LogP contribution in [0.15, 0.2) is 29.3 Å². The lowest BCUT2D eigenvalue weighted by molar-refractivity contribution is 0.421. The van der Waals surface area contributed by atoms with Crippen LogP contribution in [0.2, 0.25) is 0 Å². The van der Waals surface area contributed by atoms with E-state index < -0.39 is 0 Å². The maximum Gasteiger partial charge on any atom is 0.0670 e. The van der Waals surface area contributed by atoms with Gasteiger partial charge in [0.25, 0.3) is 0 Å². The Morgan fingerprint density at radius 3 is 3.00 bits per heavy atom. The van der Waals surface area contributed by atoms with Gasteiger partial charge < -0.3 is 0 Å². The van der Waals surface area contributed by atoms with E-state index in [1.807, 2.05) is 0 Å². The van der Waals surface area contributed by atoms with Gasteiger partial charge in [-0.25, -0.2) is 0 Å². The quantitative estimate of drug-likeness (QED) is 0.705. The number of nitrogens with zero attached hydrogens (tertiary/aromatic N) is 1. The predicted octanol–water partition coefficient (Wildman–Crippen LogP) is 4.77. The molecule has 3 rings (SSSR count). The Morgan fingerprint density at radius 1 is 1.24 bits per heavy atom. The molecule has 1 aromatic rings. The normalized spacial score (nSPS) is 26.3. The van der Waals surface area contributed by atoms with Crippen LogP contribution in [0.3, 0.4) is 0 Å². The molecule has 1 nitrogen and oxygen atoms in total. The molecule has 17 heavy (non-hydrogen) atoms. The minimum atomic E-state index is 0.324. The van der Waals surface area contributed by atoms with Crippen molar-refractivity contribution in [3.63, 3.8) is 0 Å². The van der Waals surface area contributed by atoms with Crippen LogP contribution in [-0.2, 0) is 5.41 Å². The molecule has 0 saturated heterocycles. The first-order valence-corrected chi connectivity index (χ1v) is 7.04. The summed E-state index contributed by atoms with van der Waals surface area (Å²) in [5, 5.41) is 0. The monoisotopic (exact) mass is 227 g/mol. The van der Waals surface area contributed by atoms with E-state index in [-0.39, 0.29) is 0 Å². The Bertz CT molecular complexity index is 447. The number of fused-ring (bicyclic) bond motifs is 3. The van der Waals surface area contributed by atoms with Crippen molar-refractivity contribution in [1.29, 1.82) is 0 Å². The van der Waals surface area contributed by atoms with Crippen molar-refractivity contribution < 1.29 is 0 Å². The van der Waals surface area contributed by atoms with Gasteiger partial charge in [-0.3, -0.25) is 4.99 Å². The lowest BCUT2D eigenvalue weighted by Crippen LogP contribution is -2.36. The number of rotatable bonds is 3. The van der Waals surface area contributed by atoms with Crippen LogP contribution >= 0.6 is 0 Å². The summed E-state index contributed by atoms with van der Waals surface area (Å²) in [6.07, 6.45) is 9.17. The van der Waals surface area contributed by atoms with Gasteiger partial charge in [0.05, 0.1) is 5.69 Å². The average Bonchev–Trinajstić information content (AvgIpc) is 2.71. The molecule has 1 aliphatic heterocycles. The maximum atomic E-state index is 4.92. The van der Waals surface area contributed by atoms with Crippen LogP contribution in [-0.4, -0.2) is 5.71 Å². The molecule has 0 N–H and O–H groups in total. The molecular weight excluding hydrogens is 206 g/mol. The van der Waals surface area contributed by atoms with E-state index in [4.69, 9.17) is 4.99 Å². The van der Waals surface area contributed by atoms with Crippen molar-refractivity contribution in [3.8, 4) is 0 Å². The Hall–Kier alpha value is -1.11. The molecule has 0 spiro atoms. The van der Waals surface area contributed by atoms with E-state index in [2.05, 4.69) is 31.2 Å². The van der Waals surface area contributed by atoms with Gasteiger partial charge in [-0.2, -0.15) is 0 Å². The van der Waals surface area contributed by atoms with Crippen LogP contribution < -0.4 is 0 Å². The van der Waals surface area contributed by atoms with Gasteiger partial charge in [0.2, 0.25) is 0 Å². The van der Waals surface area contributed by atoms with E-state index in [1.165, 1.54) is 61.9 Å². The number of hydrogen-bond acceptors (Lipinski definition) is 1. The van der Waals surface area contributed by atoms with Crippen molar-refractivity contribution in [2.75, 3.05) is 0 Å². The second-order valence-corrected chi connectivity index (χ2v) is 5.47. The smallest absolute Gasteiger partial charge is 0.0670 e. The first kappa shape index (κ1) is 11.0. The molecule has 1 unspecified atom stereocenters. The number of para-hydroxylation sites is 1. The SMILES string of the molecule is CCCCC12CCCCC1=Nc1ccccc12. The lowest BCUT2D eigenvalue weighted by Gasteiger charge is -2.36. The van der Waals surface area contributed by atoms with Gasteiger partial charge in [-0.05, 0) is 37.3 Å². The zero-order valence-electron chi connectivity index (χ0n) is 10.7. The second-order valence-electron chi connectivity index (χ2n) is 5.47. The molecule has 1 aromatic carbocycles. The van der Waals surface area contributed by atoms with Crippen LogP contribution in [0.25, 0.3) is 0 Å². The van der Waals surface area contributed by atoms with Gasteiger partial charge >= 0.3 is 0 Å². The molecule has 0 aromatic heterocycles. The Morgan fingerprint density at radius 2 is 2.12 bits per heavy atom. The van der Waals surface area contributed by atoms with Crippen LogP contribution in [0.4, 0.5) is 5.69 Å². The standard InChI is InChI=1S/C16H21N/c1-2-3-11-16-12-7-6-10-15(16)17-14-9-5-4-8-13(14)16/h4-5,8-9H,2-3,6-7,10-12H2,1H3. The van der Waals surface area contributed by atoms with E-state index in [0.717, 1.165) is 0 Å². The van der Waals surface area contributed by atoms with Gasteiger partial charge in [0.1, 0.15) is 0 Å². The molecule has 1 saturated carbocycles. The third-order valence-electron chi connectivity index (χ3n) is 4.45. The Balaban J connectivity index is 2.04. The largest absolute Gasteiger partial charge is 0.257 e. The highest BCUT2D eigenvalue weighted by Crippen LogP contribution is 2.49. The van der Waals surface area contributed by atoms with Crippen molar-refractivity contribution in [3.05, 3.63) is 29.8 Å². The molecule has 1 atom stereocenters. The van der Waals surface area contributed by atoms with Crippen LogP contribution in [0, 0.1) is 0 Å². The number of aliphatic imine (C=N–C) groups is 1. The predicted molar refractivity (Wildman–Crippen MR) is 73.2 cm³/mol. The fourth-order valence-corrected chi connectivity index (χ4v) is 3.56. The minimum Gasteiger partial charge on any atom is -0.257 e. The van der Waals surface area contributed by atoms with Crippen molar-refractivity contribution in [2.45, 2.75) is 57.3 Å². The van der Waals surface area contributed by atoms with Crippen LogP contribution in [0.5, 0.6) is 0 Å². The highest BCUT2D eigenvalue weighted by Gasteiger charge is 2.43. The lowest BCUT2D eigenvalue weighted by atomic mass is 9.66. The highest BCUT2D eigenvalue weighted by atomic mass is 14.8. The molecule has 0 radical (unpaired) electrons. The summed E-state index contributed by atoms with van der Waals surface area (Å²) in [6, 6.07) is 8.80. The van der Waals surface area contributed by atoms with E-state index in [9.17, 15) is 0 Å². The Kier molecular flexibility index (Phi) is 2.78. The molecule has 0 bridgehead atoms. The van der Waals surface area contributed by atoms with Crippen LogP contribution in [0.1, 0.15) is 57.4 Å². The molecule has 1 aliphatic carbocycles. The van der Waals surface area contributed by atoms with Gasteiger partial charge in [-0.15, -0.1) is 0 Å². The molecule has 90 valence electrons. The van der Waals surface area contributed by atoms with E-state index in [1.54, 1.807) is 0 Å². The fourth-order valence-electron chi connectivity index (χ4n) is 3.56. The molecular formula is C16H21N. The summed E-state index contributed by atoms with van der Waals surface area (Å²) >= 11 is 0. The molecule has 1 fully saturated rings. The average molecular weight is 227 g/mol. The summed E-state index contributed by atoms with van der Waals surface area (Å²) in [6.45, 7) is 2.29. The van der Waals surface area contributed by atoms with Gasteiger partial charge in [0.15, 0.2) is 0 Å². The Labute approximate surface area is 104 Å². The summed E-state index contributed by atoms with van der Waals surface area (Å²) in [5.41, 5.74) is 4.58. The molecule has 1 heteroatoms. The number of hydrogen-bond donors (Lipinski definition) is 0. The highest BCUT2D eigenvalue weighted by molar-refractivity contribution is 6.02. The van der Waals surface area contributed by atoms with E-state index in [0.29, 0.717) is 5.41 Å². The topological polar surface area (TPSA) is 12.4 Å². The summed E-state index contributed by atoms with van der Waals surface area (Å²) in [7, 11) is 0. The van der Waals surface area contributed by atoms with E-state index >= 15 is 0 Å². The maximum absolute atomic E-state index is 4.92. The molecule has 0 amide bonds. The first-order valence-electron chi connectivity index (χ1n) is 7.04. The molecule has 2 aliphatic rings. The van der Waals surface area contributed by atoms with Gasteiger partial charge in [0, 0.05) is 11.1 Å². The van der Waals surface area contributed by atoms with Crippen molar-refractivity contribution in [2.24, 2.45) is 4.99 Å². The summed E-state index contributed by atoms with van der Waals surface area (Å²) in [5.74, 6) is 0. The van der Waals surface area contributed by atoms with Crippen molar-refractivity contribution in [1.82, 2.24) is 0 Å². The zero-order valence-corrected chi connectivity index (χ0v) is 10.7. The fraction of sp³-hybridized carbons (Fsp3) is 0.562. The minimum absolute atomic E-state index is 0.324. The summed E-state index contributed by atoms with van der Waals surface area (Å²) < 4.78 is 0. The molecule has 1 heterocycles.